The monoisotopic (exact) mass is 212 g/mol. The molecule has 2 aliphatic rings. The lowest BCUT2D eigenvalue weighted by atomic mass is 9.84. The molecule has 0 aromatic heterocycles. The van der Waals surface area contributed by atoms with Crippen LogP contribution in [0.3, 0.4) is 0 Å². The molecule has 4 heteroatoms. The van der Waals surface area contributed by atoms with E-state index in [1.165, 1.54) is 19.3 Å². The summed E-state index contributed by atoms with van der Waals surface area (Å²) < 4.78 is 0. The van der Waals surface area contributed by atoms with Crippen molar-refractivity contribution in [2.24, 2.45) is 5.92 Å². The number of likely N-dealkylation sites (tertiary alicyclic amines) is 1. The number of rotatable bonds is 4. The van der Waals surface area contributed by atoms with Crippen LogP contribution in [-0.4, -0.2) is 60.1 Å². The summed E-state index contributed by atoms with van der Waals surface area (Å²) >= 11 is 0. The Morgan fingerprint density at radius 1 is 1.47 bits per heavy atom. The van der Waals surface area contributed by atoms with Gasteiger partial charge in [-0.05, 0) is 25.8 Å². The van der Waals surface area contributed by atoms with Crippen LogP contribution in [0.25, 0.3) is 0 Å². The minimum absolute atomic E-state index is 0.0972. The summed E-state index contributed by atoms with van der Waals surface area (Å²) in [7, 11) is 2.06. The molecule has 0 radical (unpaired) electrons. The second-order valence-corrected chi connectivity index (χ2v) is 4.88. The summed E-state index contributed by atoms with van der Waals surface area (Å²) in [5.41, 5.74) is 0. The lowest BCUT2D eigenvalue weighted by Crippen LogP contribution is -2.60. The minimum atomic E-state index is -0.340. The minimum Gasteiger partial charge on any atom is -0.387 e. The highest BCUT2D eigenvalue weighted by atomic mass is 16.3. The van der Waals surface area contributed by atoms with Crippen LogP contribution < -0.4 is 0 Å². The van der Waals surface area contributed by atoms with Gasteiger partial charge in [0, 0.05) is 19.6 Å². The van der Waals surface area contributed by atoms with E-state index in [4.69, 9.17) is 5.11 Å². The van der Waals surface area contributed by atoms with Gasteiger partial charge in [-0.2, -0.15) is 0 Å². The molecule has 0 bridgehead atoms. The van der Waals surface area contributed by atoms with E-state index < -0.39 is 0 Å². The third-order valence-corrected chi connectivity index (χ3v) is 3.62. The lowest BCUT2D eigenvalue weighted by molar-refractivity contribution is -0.141. The molecule has 1 aliphatic heterocycles. The van der Waals surface area contributed by atoms with E-state index in [1.54, 1.807) is 0 Å². The highest BCUT2D eigenvalue weighted by Gasteiger charge is 2.34. The first-order chi connectivity index (χ1) is 7.20. The van der Waals surface area contributed by atoms with Crippen molar-refractivity contribution in [1.29, 1.82) is 0 Å². The van der Waals surface area contributed by atoms with Gasteiger partial charge in [-0.3, -0.25) is 4.79 Å². The first-order valence-corrected chi connectivity index (χ1v) is 5.79. The summed E-state index contributed by atoms with van der Waals surface area (Å²) in [6, 6.07) is 0.343. The summed E-state index contributed by atoms with van der Waals surface area (Å²) in [5, 5.41) is 8.94. The summed E-state index contributed by atoms with van der Waals surface area (Å²) in [5.74, 6) is 0.589. The topological polar surface area (TPSA) is 43.8 Å². The van der Waals surface area contributed by atoms with E-state index in [-0.39, 0.29) is 12.5 Å². The van der Waals surface area contributed by atoms with Gasteiger partial charge in [-0.1, -0.05) is 6.42 Å². The summed E-state index contributed by atoms with van der Waals surface area (Å²) in [6.07, 6.45) is 3.80. The van der Waals surface area contributed by atoms with Crippen molar-refractivity contribution >= 4 is 5.91 Å². The van der Waals surface area contributed by atoms with E-state index in [0.29, 0.717) is 12.0 Å². The maximum absolute atomic E-state index is 11.6. The van der Waals surface area contributed by atoms with E-state index in [1.807, 2.05) is 4.90 Å². The highest BCUT2D eigenvalue weighted by Crippen LogP contribution is 2.28. The molecule has 0 aromatic rings. The molecular formula is C11H20N2O2. The van der Waals surface area contributed by atoms with Crippen molar-refractivity contribution in [2.45, 2.75) is 25.3 Å². The Kier molecular flexibility index (Phi) is 3.26. The fourth-order valence-electron chi connectivity index (χ4n) is 2.36. The fraction of sp³-hybridized carbons (Fsp3) is 0.909. The Morgan fingerprint density at radius 2 is 2.13 bits per heavy atom. The van der Waals surface area contributed by atoms with E-state index >= 15 is 0 Å². The molecule has 0 unspecified atom stereocenters. The average molecular weight is 212 g/mol. The molecule has 1 amide bonds. The number of aliphatic hydroxyl groups excluding tert-OH is 1. The molecule has 0 atom stereocenters. The number of aliphatic hydroxyl groups is 1. The standard InChI is InChI=1S/C11H20N2O2/c1-12-6-10(7-12)13(11(15)8-14)5-9-3-2-4-9/h9-10,14H,2-8H2,1H3. The molecule has 2 rings (SSSR count). The van der Waals surface area contributed by atoms with Crippen molar-refractivity contribution in [3.8, 4) is 0 Å². The quantitative estimate of drug-likeness (QED) is 0.709. The normalized spacial score (nSPS) is 23.3. The van der Waals surface area contributed by atoms with Crippen LogP contribution in [0.4, 0.5) is 0 Å². The second kappa shape index (κ2) is 4.49. The number of carbonyl (C=O) groups excluding carboxylic acids is 1. The van der Waals surface area contributed by atoms with Crippen molar-refractivity contribution in [1.82, 2.24) is 9.80 Å². The van der Waals surface area contributed by atoms with Crippen LogP contribution in [0.5, 0.6) is 0 Å². The van der Waals surface area contributed by atoms with Gasteiger partial charge in [-0.25, -0.2) is 0 Å². The zero-order valence-electron chi connectivity index (χ0n) is 9.35. The molecule has 1 aliphatic carbocycles. The molecule has 2 fully saturated rings. The molecule has 1 saturated carbocycles. The predicted molar refractivity (Wildman–Crippen MR) is 57.4 cm³/mol. The molecule has 1 saturated heterocycles. The van der Waals surface area contributed by atoms with Gasteiger partial charge in [0.1, 0.15) is 6.61 Å². The molecule has 0 spiro atoms. The first kappa shape index (κ1) is 10.9. The molecular weight excluding hydrogens is 192 g/mol. The predicted octanol–water partition coefficient (Wildman–Crippen LogP) is -0.0786. The third-order valence-electron chi connectivity index (χ3n) is 3.62. The molecule has 4 nitrogen and oxygen atoms in total. The largest absolute Gasteiger partial charge is 0.387 e. The van der Waals surface area contributed by atoms with Crippen molar-refractivity contribution in [3.63, 3.8) is 0 Å². The van der Waals surface area contributed by atoms with Crippen LogP contribution >= 0.6 is 0 Å². The van der Waals surface area contributed by atoms with Gasteiger partial charge in [0.25, 0.3) is 0 Å². The van der Waals surface area contributed by atoms with Gasteiger partial charge in [0.05, 0.1) is 6.04 Å². The average Bonchev–Trinajstić information content (AvgIpc) is 2.11. The van der Waals surface area contributed by atoms with Gasteiger partial charge in [-0.15, -0.1) is 0 Å². The number of hydrogen-bond donors (Lipinski definition) is 1. The molecule has 1 heterocycles. The van der Waals surface area contributed by atoms with Gasteiger partial charge >= 0.3 is 0 Å². The van der Waals surface area contributed by atoms with Crippen LogP contribution in [0.1, 0.15) is 19.3 Å². The Labute approximate surface area is 90.9 Å². The molecule has 0 aromatic carbocycles. The second-order valence-electron chi connectivity index (χ2n) is 4.88. The van der Waals surface area contributed by atoms with Gasteiger partial charge < -0.3 is 14.9 Å². The molecule has 1 N–H and O–H groups in total. The van der Waals surface area contributed by atoms with Gasteiger partial charge in [0.2, 0.25) is 5.91 Å². The highest BCUT2D eigenvalue weighted by molar-refractivity contribution is 5.77. The van der Waals surface area contributed by atoms with Crippen molar-refractivity contribution in [3.05, 3.63) is 0 Å². The van der Waals surface area contributed by atoms with Crippen LogP contribution in [0.2, 0.25) is 0 Å². The van der Waals surface area contributed by atoms with Crippen LogP contribution in [-0.2, 0) is 4.79 Å². The summed E-state index contributed by atoms with van der Waals surface area (Å²) in [4.78, 5) is 15.7. The first-order valence-electron chi connectivity index (χ1n) is 5.79. The smallest absolute Gasteiger partial charge is 0.248 e. The SMILES string of the molecule is CN1CC(N(CC2CCC2)C(=O)CO)C1. The number of nitrogens with zero attached hydrogens (tertiary/aromatic N) is 2. The maximum Gasteiger partial charge on any atom is 0.248 e. The Bertz CT molecular complexity index is 235. The van der Waals surface area contributed by atoms with Crippen LogP contribution in [0.15, 0.2) is 0 Å². The van der Waals surface area contributed by atoms with Gasteiger partial charge in [0.15, 0.2) is 0 Å². The van der Waals surface area contributed by atoms with Crippen molar-refractivity contribution in [2.75, 3.05) is 33.3 Å². The fourth-order valence-corrected chi connectivity index (χ4v) is 2.36. The molecule has 86 valence electrons. The zero-order valence-corrected chi connectivity index (χ0v) is 9.35. The number of carbonyl (C=O) groups is 1. The van der Waals surface area contributed by atoms with E-state index in [0.717, 1.165) is 19.6 Å². The van der Waals surface area contributed by atoms with Crippen LogP contribution in [0, 0.1) is 5.92 Å². The Balaban J connectivity index is 1.87. The number of hydrogen-bond acceptors (Lipinski definition) is 3. The lowest BCUT2D eigenvalue weighted by Gasteiger charge is -2.45. The van der Waals surface area contributed by atoms with Crippen molar-refractivity contribution < 1.29 is 9.90 Å². The molecule has 15 heavy (non-hydrogen) atoms. The Morgan fingerprint density at radius 3 is 2.53 bits per heavy atom. The number of likely N-dealkylation sites (N-methyl/N-ethyl adjacent to an activating group) is 1. The van der Waals surface area contributed by atoms with E-state index in [2.05, 4.69) is 11.9 Å². The van der Waals surface area contributed by atoms with E-state index in [9.17, 15) is 4.79 Å². The number of amides is 1. The Hall–Kier alpha value is -0.610. The maximum atomic E-state index is 11.6. The zero-order chi connectivity index (χ0) is 10.8. The third kappa shape index (κ3) is 2.32. The summed E-state index contributed by atoms with van der Waals surface area (Å²) in [6.45, 7) is 2.43.